The maximum atomic E-state index is 13.2. The highest BCUT2D eigenvalue weighted by Crippen LogP contribution is 2.27. The van der Waals surface area contributed by atoms with Crippen molar-refractivity contribution in [3.63, 3.8) is 0 Å². The lowest BCUT2D eigenvalue weighted by molar-refractivity contribution is 0.208. The Morgan fingerprint density at radius 3 is 2.76 bits per heavy atom. The van der Waals surface area contributed by atoms with E-state index in [9.17, 15) is 4.39 Å². The number of hydrogen-bond acceptors (Lipinski definition) is 3. The second-order valence-corrected chi connectivity index (χ2v) is 4.35. The van der Waals surface area contributed by atoms with Crippen molar-refractivity contribution in [2.45, 2.75) is 38.7 Å². The number of benzene rings is 1. The third-order valence-corrected chi connectivity index (χ3v) is 3.08. The van der Waals surface area contributed by atoms with Gasteiger partial charge in [-0.2, -0.15) is 0 Å². The van der Waals surface area contributed by atoms with Crippen LogP contribution < -0.4 is 4.74 Å². The highest BCUT2D eigenvalue weighted by molar-refractivity contribution is 6.00. The van der Waals surface area contributed by atoms with Crippen molar-refractivity contribution in [1.29, 1.82) is 0 Å². The number of oxime groups is 1. The zero-order valence-corrected chi connectivity index (χ0v) is 9.82. The number of hydrogen-bond donors (Lipinski definition) is 1. The number of nitrogens with zero attached hydrogens (tertiary/aromatic N) is 1. The molecule has 17 heavy (non-hydrogen) atoms. The molecule has 0 aliphatic heterocycles. The summed E-state index contributed by atoms with van der Waals surface area (Å²) >= 11 is 0. The molecule has 0 aromatic heterocycles. The first-order valence-corrected chi connectivity index (χ1v) is 5.86. The fraction of sp³-hybridized carbons (Fsp3) is 0.462. The van der Waals surface area contributed by atoms with Gasteiger partial charge in [-0.05, 0) is 44.7 Å². The molecule has 4 heteroatoms. The number of ether oxygens (including phenoxy) is 1. The fourth-order valence-corrected chi connectivity index (χ4v) is 2.13. The summed E-state index contributed by atoms with van der Waals surface area (Å²) in [5.41, 5.74) is 1.07. The van der Waals surface area contributed by atoms with E-state index in [2.05, 4.69) is 5.16 Å². The average Bonchev–Trinajstić information content (AvgIpc) is 2.81. The molecule has 1 aromatic carbocycles. The van der Waals surface area contributed by atoms with Crippen LogP contribution in [-0.4, -0.2) is 17.0 Å². The Morgan fingerprint density at radius 1 is 1.41 bits per heavy atom. The molecule has 0 spiro atoms. The first-order valence-electron chi connectivity index (χ1n) is 5.86. The van der Waals surface area contributed by atoms with Gasteiger partial charge in [0, 0.05) is 11.6 Å². The Labute approximate surface area is 99.9 Å². The lowest BCUT2D eigenvalue weighted by atomic mass is 10.1. The Balaban J connectivity index is 2.26. The van der Waals surface area contributed by atoms with E-state index < -0.39 is 0 Å². The summed E-state index contributed by atoms with van der Waals surface area (Å²) in [6.07, 6.45) is 4.48. The third kappa shape index (κ3) is 2.75. The minimum absolute atomic E-state index is 0.155. The minimum atomic E-state index is -0.340. The van der Waals surface area contributed by atoms with Crippen LogP contribution in [0.15, 0.2) is 23.4 Å². The van der Waals surface area contributed by atoms with Crippen LogP contribution in [-0.2, 0) is 0 Å². The molecule has 1 N–H and O–H groups in total. The van der Waals surface area contributed by atoms with Gasteiger partial charge in [-0.1, -0.05) is 5.16 Å². The molecular formula is C13H16FNO2. The van der Waals surface area contributed by atoms with Crippen molar-refractivity contribution in [2.75, 3.05) is 0 Å². The first-order chi connectivity index (χ1) is 8.20. The standard InChI is InChI=1S/C13H16FNO2/c1-9(15-16)12-7-6-10(14)8-13(12)17-11-4-2-3-5-11/h6-8,11,16H,2-5H2,1H3/b15-9-. The van der Waals surface area contributed by atoms with E-state index in [1.165, 1.54) is 12.1 Å². The Morgan fingerprint density at radius 2 is 2.12 bits per heavy atom. The van der Waals surface area contributed by atoms with Crippen LogP contribution in [0.3, 0.4) is 0 Å². The van der Waals surface area contributed by atoms with Crippen molar-refractivity contribution in [2.24, 2.45) is 5.16 Å². The summed E-state index contributed by atoms with van der Waals surface area (Å²) in [5.74, 6) is 0.125. The predicted molar refractivity (Wildman–Crippen MR) is 63.3 cm³/mol. The summed E-state index contributed by atoms with van der Waals surface area (Å²) in [5, 5.41) is 11.9. The van der Waals surface area contributed by atoms with Crippen LogP contribution in [0.2, 0.25) is 0 Å². The van der Waals surface area contributed by atoms with Gasteiger partial charge < -0.3 is 9.94 Å². The summed E-state index contributed by atoms with van der Waals surface area (Å²) in [7, 11) is 0. The van der Waals surface area contributed by atoms with Gasteiger partial charge in [-0.15, -0.1) is 0 Å². The number of rotatable bonds is 3. The highest BCUT2D eigenvalue weighted by Gasteiger charge is 2.19. The Bertz CT molecular complexity index is 425. The maximum absolute atomic E-state index is 13.2. The van der Waals surface area contributed by atoms with Crippen molar-refractivity contribution in [3.05, 3.63) is 29.6 Å². The van der Waals surface area contributed by atoms with Crippen LogP contribution in [0.1, 0.15) is 38.2 Å². The van der Waals surface area contributed by atoms with E-state index in [-0.39, 0.29) is 11.9 Å². The molecule has 0 unspecified atom stereocenters. The Hall–Kier alpha value is -1.58. The molecule has 3 nitrogen and oxygen atoms in total. The van der Waals surface area contributed by atoms with E-state index >= 15 is 0 Å². The molecular weight excluding hydrogens is 221 g/mol. The maximum Gasteiger partial charge on any atom is 0.131 e. The largest absolute Gasteiger partial charge is 0.490 e. The van der Waals surface area contributed by atoms with Gasteiger partial charge in [0.1, 0.15) is 11.6 Å². The summed E-state index contributed by atoms with van der Waals surface area (Å²) in [6, 6.07) is 4.27. The lowest BCUT2D eigenvalue weighted by Crippen LogP contribution is -2.13. The highest BCUT2D eigenvalue weighted by atomic mass is 19.1. The molecule has 0 heterocycles. The van der Waals surface area contributed by atoms with Gasteiger partial charge in [-0.3, -0.25) is 0 Å². The molecule has 1 aromatic rings. The second-order valence-electron chi connectivity index (χ2n) is 4.35. The molecule has 1 fully saturated rings. The molecule has 2 rings (SSSR count). The lowest BCUT2D eigenvalue weighted by Gasteiger charge is -2.16. The minimum Gasteiger partial charge on any atom is -0.490 e. The molecule has 1 saturated carbocycles. The fourth-order valence-electron chi connectivity index (χ4n) is 2.13. The summed E-state index contributed by atoms with van der Waals surface area (Å²) in [4.78, 5) is 0. The van der Waals surface area contributed by atoms with E-state index in [4.69, 9.17) is 9.94 Å². The molecule has 1 aliphatic carbocycles. The first kappa shape index (κ1) is 11.9. The summed E-state index contributed by atoms with van der Waals surface area (Å²) < 4.78 is 19.0. The molecule has 0 saturated heterocycles. The van der Waals surface area contributed by atoms with Gasteiger partial charge in [0.05, 0.1) is 11.8 Å². The monoisotopic (exact) mass is 237 g/mol. The zero-order chi connectivity index (χ0) is 12.3. The average molecular weight is 237 g/mol. The van der Waals surface area contributed by atoms with Gasteiger partial charge in [0.2, 0.25) is 0 Å². The number of halogens is 1. The second kappa shape index (κ2) is 5.17. The van der Waals surface area contributed by atoms with Crippen molar-refractivity contribution in [1.82, 2.24) is 0 Å². The van der Waals surface area contributed by atoms with E-state index in [1.807, 2.05) is 0 Å². The normalized spacial score (nSPS) is 17.4. The predicted octanol–water partition coefficient (Wildman–Crippen LogP) is 3.35. The smallest absolute Gasteiger partial charge is 0.131 e. The van der Waals surface area contributed by atoms with Crippen molar-refractivity contribution in [3.8, 4) is 5.75 Å². The van der Waals surface area contributed by atoms with Crippen LogP contribution >= 0.6 is 0 Å². The quantitative estimate of drug-likeness (QED) is 0.497. The van der Waals surface area contributed by atoms with Gasteiger partial charge >= 0.3 is 0 Å². The molecule has 1 aliphatic rings. The van der Waals surface area contributed by atoms with Crippen LogP contribution in [0.25, 0.3) is 0 Å². The summed E-state index contributed by atoms with van der Waals surface area (Å²) in [6.45, 7) is 1.66. The van der Waals surface area contributed by atoms with E-state index in [0.29, 0.717) is 17.0 Å². The molecule has 0 atom stereocenters. The van der Waals surface area contributed by atoms with E-state index in [1.54, 1.807) is 13.0 Å². The van der Waals surface area contributed by atoms with Gasteiger partial charge in [0.15, 0.2) is 0 Å². The van der Waals surface area contributed by atoms with E-state index in [0.717, 1.165) is 25.7 Å². The van der Waals surface area contributed by atoms with Gasteiger partial charge in [0.25, 0.3) is 0 Å². The van der Waals surface area contributed by atoms with Crippen LogP contribution in [0.4, 0.5) is 4.39 Å². The zero-order valence-electron chi connectivity index (χ0n) is 9.82. The van der Waals surface area contributed by atoms with Crippen LogP contribution in [0, 0.1) is 5.82 Å². The molecule has 0 bridgehead atoms. The SMILES string of the molecule is C/C(=N/O)c1ccc(F)cc1OC1CCCC1. The molecule has 92 valence electrons. The van der Waals surface area contributed by atoms with Crippen molar-refractivity contribution >= 4 is 5.71 Å². The van der Waals surface area contributed by atoms with Crippen molar-refractivity contribution < 1.29 is 14.3 Å². The topological polar surface area (TPSA) is 41.8 Å². The molecule has 0 radical (unpaired) electrons. The third-order valence-electron chi connectivity index (χ3n) is 3.08. The van der Waals surface area contributed by atoms with Gasteiger partial charge in [-0.25, -0.2) is 4.39 Å². The molecule has 0 amide bonds. The Kier molecular flexibility index (Phi) is 3.61. The van der Waals surface area contributed by atoms with Crippen LogP contribution in [0.5, 0.6) is 5.75 Å².